The molecule has 1 aromatic carbocycles. The molecule has 0 aliphatic heterocycles. The van der Waals surface area contributed by atoms with Gasteiger partial charge < -0.3 is 16.4 Å². The van der Waals surface area contributed by atoms with E-state index in [1.54, 1.807) is 0 Å². The summed E-state index contributed by atoms with van der Waals surface area (Å²) in [5.41, 5.74) is 6.00. The number of halogens is 2. The van der Waals surface area contributed by atoms with Gasteiger partial charge in [-0.3, -0.25) is 15.8 Å². The van der Waals surface area contributed by atoms with Gasteiger partial charge in [-0.1, -0.05) is 5.16 Å². The molecule has 0 fully saturated rings. The van der Waals surface area contributed by atoms with Crippen molar-refractivity contribution in [1.29, 1.82) is 16.2 Å². The van der Waals surface area contributed by atoms with Crippen molar-refractivity contribution >= 4 is 34.2 Å². The zero-order valence-electron chi connectivity index (χ0n) is 16.3. The van der Waals surface area contributed by atoms with E-state index >= 15 is 4.39 Å². The van der Waals surface area contributed by atoms with E-state index in [9.17, 15) is 4.39 Å². The van der Waals surface area contributed by atoms with E-state index in [1.165, 1.54) is 37.5 Å². The Hall–Kier alpha value is -4.28. The van der Waals surface area contributed by atoms with Crippen LogP contribution in [0.3, 0.4) is 0 Å². The molecule has 3 aromatic rings. The van der Waals surface area contributed by atoms with Crippen LogP contribution in [0, 0.1) is 27.9 Å². The number of aromatic nitrogens is 3. The van der Waals surface area contributed by atoms with Gasteiger partial charge in [-0.15, -0.1) is 0 Å². The molecule has 3 rings (SSSR count). The number of nitrogens with one attached hydrogen (secondary N) is 3. The van der Waals surface area contributed by atoms with Gasteiger partial charge in [0.15, 0.2) is 0 Å². The van der Waals surface area contributed by atoms with E-state index in [1.807, 2.05) is 0 Å². The number of allylic oxidation sites excluding steroid dienone is 1. The Morgan fingerprint density at radius 3 is 2.71 bits per heavy atom. The molecule has 0 bridgehead atoms. The lowest BCUT2D eigenvalue weighted by Gasteiger charge is -2.12. The van der Waals surface area contributed by atoms with E-state index in [0.717, 1.165) is 17.0 Å². The molecular weight excluding hydrogens is 406 g/mol. The van der Waals surface area contributed by atoms with Crippen LogP contribution in [0.2, 0.25) is 0 Å². The molecule has 0 amide bonds. The highest BCUT2D eigenvalue weighted by atomic mass is 19.1. The Morgan fingerprint density at radius 1 is 1.32 bits per heavy atom. The predicted molar refractivity (Wildman–Crippen MR) is 112 cm³/mol. The minimum absolute atomic E-state index is 0.00367. The number of pyridine rings is 1. The SMILES string of the molecule is C/C(=N\O)c1ccc(=N)n(C(=N)Cc2c(F)cc3ncc(/C(C=N)=C/N)cc3c2F)n1. The predicted octanol–water partition coefficient (Wildman–Crippen LogP) is 2.40. The van der Waals surface area contributed by atoms with Gasteiger partial charge >= 0.3 is 0 Å². The summed E-state index contributed by atoms with van der Waals surface area (Å²) < 4.78 is 30.7. The first-order valence-corrected chi connectivity index (χ1v) is 8.91. The smallest absolute Gasteiger partial charge is 0.148 e. The fraction of sp³-hybridized carbons (Fsp3) is 0.100. The number of oxime groups is 1. The van der Waals surface area contributed by atoms with Gasteiger partial charge in [0, 0.05) is 53.2 Å². The molecule has 0 atom stereocenters. The van der Waals surface area contributed by atoms with Crippen LogP contribution in [0.1, 0.15) is 23.7 Å². The van der Waals surface area contributed by atoms with Gasteiger partial charge in [-0.25, -0.2) is 13.5 Å². The second kappa shape index (κ2) is 8.61. The molecule has 0 aliphatic carbocycles. The van der Waals surface area contributed by atoms with Crippen LogP contribution >= 0.6 is 0 Å². The van der Waals surface area contributed by atoms with E-state index in [0.29, 0.717) is 11.1 Å². The quantitative estimate of drug-likeness (QED) is 0.184. The second-order valence-corrected chi connectivity index (χ2v) is 6.53. The average molecular weight is 424 g/mol. The first-order chi connectivity index (χ1) is 14.8. The topological polar surface area (TPSA) is 161 Å². The third-order valence-corrected chi connectivity index (χ3v) is 4.60. The van der Waals surface area contributed by atoms with Crippen molar-refractivity contribution < 1.29 is 14.0 Å². The van der Waals surface area contributed by atoms with Crippen LogP contribution in [-0.2, 0) is 6.42 Å². The number of benzene rings is 1. The van der Waals surface area contributed by atoms with E-state index in [4.69, 9.17) is 27.2 Å². The summed E-state index contributed by atoms with van der Waals surface area (Å²) in [6, 6.07) is 5.21. The molecular formula is C20H18F2N8O. The third-order valence-electron chi connectivity index (χ3n) is 4.60. The van der Waals surface area contributed by atoms with Gasteiger partial charge in [-0.2, -0.15) is 5.10 Å². The lowest BCUT2D eigenvalue weighted by Crippen LogP contribution is -2.31. The summed E-state index contributed by atoms with van der Waals surface area (Å²) in [4.78, 5) is 4.03. The van der Waals surface area contributed by atoms with Crippen LogP contribution in [0.5, 0.6) is 0 Å². The fourth-order valence-electron chi connectivity index (χ4n) is 2.90. The fourth-order valence-corrected chi connectivity index (χ4v) is 2.90. The molecule has 0 aliphatic rings. The largest absolute Gasteiger partial charge is 0.411 e. The lowest BCUT2D eigenvalue weighted by atomic mass is 10.0. The molecule has 0 spiro atoms. The van der Waals surface area contributed by atoms with Crippen LogP contribution in [0.4, 0.5) is 8.78 Å². The van der Waals surface area contributed by atoms with Gasteiger partial charge in [-0.05, 0) is 25.1 Å². The highest BCUT2D eigenvalue weighted by Crippen LogP contribution is 2.26. The van der Waals surface area contributed by atoms with Crippen LogP contribution in [0.15, 0.2) is 41.8 Å². The number of rotatable bonds is 5. The van der Waals surface area contributed by atoms with Crippen molar-refractivity contribution in [3.63, 3.8) is 0 Å². The minimum Gasteiger partial charge on any atom is -0.411 e. The Bertz CT molecular complexity index is 1330. The molecule has 6 N–H and O–H groups in total. The summed E-state index contributed by atoms with van der Waals surface area (Å²) in [5.74, 6) is -2.17. The Kier molecular flexibility index (Phi) is 5.95. The summed E-state index contributed by atoms with van der Waals surface area (Å²) in [6.07, 6.45) is 3.03. The number of fused-ring (bicyclic) bond motifs is 1. The molecule has 11 heteroatoms. The molecule has 9 nitrogen and oxygen atoms in total. The van der Waals surface area contributed by atoms with E-state index in [2.05, 4.69) is 15.2 Å². The monoisotopic (exact) mass is 424 g/mol. The molecule has 158 valence electrons. The normalized spacial score (nSPS) is 12.2. The molecule has 31 heavy (non-hydrogen) atoms. The number of nitrogens with zero attached hydrogens (tertiary/aromatic N) is 4. The number of hydrogen-bond acceptors (Lipinski definition) is 8. The van der Waals surface area contributed by atoms with Crippen molar-refractivity contribution in [1.82, 2.24) is 14.8 Å². The third kappa shape index (κ3) is 4.06. The molecule has 0 radical (unpaired) electrons. The van der Waals surface area contributed by atoms with Crippen LogP contribution < -0.4 is 11.2 Å². The van der Waals surface area contributed by atoms with E-state index in [-0.39, 0.29) is 33.6 Å². The summed E-state index contributed by atoms with van der Waals surface area (Å²) >= 11 is 0. The highest BCUT2D eigenvalue weighted by Gasteiger charge is 2.18. The minimum atomic E-state index is -0.910. The zero-order valence-corrected chi connectivity index (χ0v) is 16.3. The van der Waals surface area contributed by atoms with Crippen molar-refractivity contribution in [2.24, 2.45) is 10.9 Å². The molecule has 0 unspecified atom stereocenters. The number of nitrogens with two attached hydrogens (primary N) is 1. The zero-order chi connectivity index (χ0) is 22.7. The summed E-state index contributed by atoms with van der Waals surface area (Å²) in [6.45, 7) is 1.48. The van der Waals surface area contributed by atoms with Crippen molar-refractivity contribution in [2.75, 3.05) is 0 Å². The second-order valence-electron chi connectivity index (χ2n) is 6.53. The van der Waals surface area contributed by atoms with Crippen molar-refractivity contribution in [2.45, 2.75) is 13.3 Å². The first kappa shape index (κ1) is 21.4. The maximum atomic E-state index is 15.2. The van der Waals surface area contributed by atoms with Gasteiger partial charge in [0.2, 0.25) is 0 Å². The maximum Gasteiger partial charge on any atom is 0.148 e. The maximum absolute atomic E-state index is 15.2. The summed E-state index contributed by atoms with van der Waals surface area (Å²) in [7, 11) is 0. The van der Waals surface area contributed by atoms with Crippen molar-refractivity contribution in [3.05, 3.63) is 70.6 Å². The van der Waals surface area contributed by atoms with Crippen LogP contribution in [-0.4, -0.2) is 37.7 Å². The van der Waals surface area contributed by atoms with Gasteiger partial charge in [0.1, 0.15) is 34.4 Å². The molecule has 0 saturated carbocycles. The Morgan fingerprint density at radius 2 is 2.06 bits per heavy atom. The standard InChI is InChI=1S/C20H18F2N8O/c1-10(29-31)16-2-3-18(25)30(28-16)19(26)5-13-15(21)6-17-14(20(13)22)4-11(9-27-17)12(7-23)8-24/h2-4,6-9,23,25-26,31H,5,24H2,1H3/b12-8+,23-7?,25-18?,26-19?,29-10+. The Labute approximate surface area is 174 Å². The van der Waals surface area contributed by atoms with Crippen LogP contribution in [0.25, 0.3) is 16.5 Å². The average Bonchev–Trinajstić information content (AvgIpc) is 2.77. The highest BCUT2D eigenvalue weighted by molar-refractivity contribution is 6.09. The van der Waals surface area contributed by atoms with Gasteiger partial charge in [0.25, 0.3) is 0 Å². The van der Waals surface area contributed by atoms with Crippen molar-refractivity contribution in [3.8, 4) is 0 Å². The van der Waals surface area contributed by atoms with E-state index < -0.39 is 23.6 Å². The lowest BCUT2D eigenvalue weighted by molar-refractivity contribution is 0.319. The number of hydrogen-bond donors (Lipinski definition) is 5. The molecule has 2 heterocycles. The Balaban J connectivity index is 2.08. The molecule has 0 saturated heterocycles. The first-order valence-electron chi connectivity index (χ1n) is 8.91. The molecule has 2 aromatic heterocycles. The summed E-state index contributed by atoms with van der Waals surface area (Å²) in [5, 5.41) is 39.5. The van der Waals surface area contributed by atoms with Gasteiger partial charge in [0.05, 0.1) is 5.52 Å².